The minimum Gasteiger partial charge on any atom is -0.198 e. The van der Waals surface area contributed by atoms with Crippen LogP contribution in [0.4, 0.5) is 11.5 Å². The maximum Gasteiger partial charge on any atom is 0.307 e. The number of aryl methyl sites for hydroxylation is 1. The number of para-hydroxylation sites is 1. The molecule has 0 saturated heterocycles. The summed E-state index contributed by atoms with van der Waals surface area (Å²) in [6.45, 7) is 2.08. The molecule has 1 aromatic carbocycles. The third-order valence-electron chi connectivity index (χ3n) is 2.92. The van der Waals surface area contributed by atoms with E-state index in [1.807, 2.05) is 48.7 Å². The molecule has 3 aromatic rings. The number of hydrogen-bond acceptors (Lipinski definition) is 1. The van der Waals surface area contributed by atoms with Gasteiger partial charge in [-0.1, -0.05) is 29.4 Å². The summed E-state index contributed by atoms with van der Waals surface area (Å²) in [6, 6.07) is 18.1. The Morgan fingerprint density at radius 1 is 1.00 bits per heavy atom. The number of nitrogens with one attached hydrogen (secondary N) is 1. The van der Waals surface area contributed by atoms with Gasteiger partial charge >= 0.3 is 5.82 Å². The zero-order chi connectivity index (χ0) is 12.4. The minimum absolute atomic E-state index is 0.919. The predicted octanol–water partition coefficient (Wildman–Crippen LogP) is 2.74. The van der Waals surface area contributed by atoms with Gasteiger partial charge in [0, 0.05) is 5.56 Å². The molecule has 0 unspecified atom stereocenters. The second-order valence-corrected chi connectivity index (χ2v) is 4.23. The molecule has 3 heteroatoms. The largest absolute Gasteiger partial charge is 0.307 e. The van der Waals surface area contributed by atoms with E-state index in [0.29, 0.717) is 0 Å². The van der Waals surface area contributed by atoms with E-state index in [1.54, 1.807) is 0 Å². The number of aromatic nitrogens is 1. The Bertz CT molecular complexity index is 696. The van der Waals surface area contributed by atoms with E-state index in [4.69, 9.17) is 0 Å². The van der Waals surface area contributed by atoms with E-state index in [-0.39, 0.29) is 0 Å². The van der Waals surface area contributed by atoms with Crippen molar-refractivity contribution in [2.45, 2.75) is 6.92 Å². The van der Waals surface area contributed by atoms with Crippen molar-refractivity contribution in [2.24, 2.45) is 5.11 Å². The van der Waals surface area contributed by atoms with Gasteiger partial charge in [-0.25, -0.2) is 0 Å². The highest BCUT2D eigenvalue weighted by molar-refractivity contribution is 5.57. The zero-order valence-electron chi connectivity index (χ0n) is 10.2. The average Bonchev–Trinajstić information content (AvgIpc) is 2.73. The van der Waals surface area contributed by atoms with Crippen LogP contribution in [0.25, 0.3) is 5.52 Å². The summed E-state index contributed by atoms with van der Waals surface area (Å²) in [5.41, 5.74) is 3.27. The summed E-state index contributed by atoms with van der Waals surface area (Å²) in [6.07, 6.45) is 2.03. The van der Waals surface area contributed by atoms with Gasteiger partial charge in [0.05, 0.1) is 6.20 Å². The van der Waals surface area contributed by atoms with Crippen LogP contribution in [0.3, 0.4) is 0 Å². The summed E-state index contributed by atoms with van der Waals surface area (Å²) in [7, 11) is 0. The molecule has 0 bridgehead atoms. The number of pyridine rings is 1. The lowest BCUT2D eigenvalue weighted by Crippen LogP contribution is -2.58. The van der Waals surface area contributed by atoms with E-state index in [9.17, 15) is 0 Å². The maximum atomic E-state index is 4.39. The molecule has 0 radical (unpaired) electrons. The van der Waals surface area contributed by atoms with Crippen molar-refractivity contribution < 1.29 is 5.11 Å². The molecule has 18 heavy (non-hydrogen) atoms. The number of nitrogens with zero attached hydrogens (tertiary/aromatic N) is 2. The van der Waals surface area contributed by atoms with E-state index in [0.717, 1.165) is 11.5 Å². The predicted molar refractivity (Wildman–Crippen MR) is 71.3 cm³/mol. The molecular formula is C15H14N3+. The maximum absolute atomic E-state index is 4.39. The smallest absolute Gasteiger partial charge is 0.198 e. The molecule has 0 aliphatic heterocycles. The average molecular weight is 236 g/mol. The lowest BCUT2D eigenvalue weighted by atomic mass is 10.3. The minimum atomic E-state index is 0.919. The second kappa shape index (κ2) is 4.45. The molecule has 88 valence electrons. The van der Waals surface area contributed by atoms with Gasteiger partial charge in [0.25, 0.3) is 0 Å². The van der Waals surface area contributed by atoms with Crippen LogP contribution in [0, 0.1) is 6.92 Å². The highest BCUT2D eigenvalue weighted by Gasteiger charge is 2.11. The highest BCUT2D eigenvalue weighted by Crippen LogP contribution is 2.16. The van der Waals surface area contributed by atoms with Gasteiger partial charge in [0.15, 0.2) is 0 Å². The monoisotopic (exact) mass is 236 g/mol. The molecule has 0 amide bonds. The SMILES string of the molecule is Cc1cc2ccccn2c1[NH+]=Nc1ccccc1. The molecule has 0 spiro atoms. The third-order valence-corrected chi connectivity index (χ3v) is 2.92. The summed E-state index contributed by atoms with van der Waals surface area (Å²) >= 11 is 0. The van der Waals surface area contributed by atoms with E-state index in [2.05, 4.69) is 33.7 Å². The molecule has 1 N–H and O–H groups in total. The molecule has 2 heterocycles. The van der Waals surface area contributed by atoms with Gasteiger partial charge < -0.3 is 0 Å². The Morgan fingerprint density at radius 3 is 2.61 bits per heavy atom. The molecule has 0 atom stereocenters. The van der Waals surface area contributed by atoms with Crippen LogP contribution in [0.5, 0.6) is 0 Å². The highest BCUT2D eigenvalue weighted by atomic mass is 15.2. The molecule has 0 fully saturated rings. The Kier molecular flexibility index (Phi) is 2.65. The molecule has 3 rings (SSSR count). The molecule has 3 nitrogen and oxygen atoms in total. The van der Waals surface area contributed by atoms with Crippen LogP contribution < -0.4 is 5.11 Å². The van der Waals surface area contributed by atoms with E-state index < -0.39 is 0 Å². The van der Waals surface area contributed by atoms with Gasteiger partial charge in [-0.05, 0) is 37.3 Å². The Labute approximate surface area is 105 Å². The first-order valence-electron chi connectivity index (χ1n) is 5.93. The van der Waals surface area contributed by atoms with Crippen molar-refractivity contribution in [3.05, 3.63) is 66.4 Å². The Morgan fingerprint density at radius 2 is 1.78 bits per heavy atom. The summed E-state index contributed by atoms with van der Waals surface area (Å²) in [5.74, 6) is 1.01. The van der Waals surface area contributed by atoms with Crippen LogP contribution in [-0.2, 0) is 0 Å². The van der Waals surface area contributed by atoms with Crippen LogP contribution in [0.2, 0.25) is 0 Å². The quantitative estimate of drug-likeness (QED) is 0.663. The van der Waals surface area contributed by atoms with Crippen molar-refractivity contribution in [1.82, 2.24) is 4.40 Å². The zero-order valence-corrected chi connectivity index (χ0v) is 10.2. The lowest BCUT2D eigenvalue weighted by Gasteiger charge is -1.90. The van der Waals surface area contributed by atoms with Gasteiger partial charge in [-0.2, -0.15) is 4.40 Å². The number of hydrogen-bond donors (Lipinski definition) is 1. The molecular weight excluding hydrogens is 222 g/mol. The van der Waals surface area contributed by atoms with Crippen molar-refractivity contribution in [3.8, 4) is 0 Å². The molecule has 0 aliphatic rings. The summed E-state index contributed by atoms with van der Waals surface area (Å²) < 4.78 is 2.10. The first kappa shape index (κ1) is 10.7. The van der Waals surface area contributed by atoms with Gasteiger partial charge in [-0.3, -0.25) is 0 Å². The van der Waals surface area contributed by atoms with Crippen molar-refractivity contribution in [3.63, 3.8) is 0 Å². The fourth-order valence-electron chi connectivity index (χ4n) is 2.02. The fourth-order valence-corrected chi connectivity index (χ4v) is 2.02. The van der Waals surface area contributed by atoms with Gasteiger partial charge in [0.1, 0.15) is 11.2 Å². The van der Waals surface area contributed by atoms with Crippen LogP contribution in [-0.4, -0.2) is 4.40 Å². The molecule has 0 saturated carbocycles. The first-order chi connectivity index (χ1) is 8.84. The Balaban J connectivity index is 2.05. The summed E-state index contributed by atoms with van der Waals surface area (Å²) in [5, 5.41) is 7.53. The normalized spacial score (nSPS) is 11.4. The number of fused-ring (bicyclic) bond motifs is 1. The molecule has 0 aliphatic carbocycles. The standard InChI is InChI=1S/C15H13N3/c1-12-11-14-9-5-6-10-18(14)15(12)17-16-13-7-3-2-4-8-13/h2-11H,1H3/p+1. The number of benzene rings is 1. The third kappa shape index (κ3) is 1.91. The first-order valence-corrected chi connectivity index (χ1v) is 5.93. The van der Waals surface area contributed by atoms with Crippen molar-refractivity contribution in [2.75, 3.05) is 0 Å². The molecule has 2 aromatic heterocycles. The fraction of sp³-hybridized carbons (Fsp3) is 0.0667. The second-order valence-electron chi connectivity index (χ2n) is 4.23. The van der Waals surface area contributed by atoms with Crippen LogP contribution >= 0.6 is 0 Å². The number of rotatable bonds is 2. The van der Waals surface area contributed by atoms with Gasteiger partial charge in [0.2, 0.25) is 0 Å². The number of azo groups is 1. The van der Waals surface area contributed by atoms with Crippen LogP contribution in [0.15, 0.2) is 65.9 Å². The lowest BCUT2D eigenvalue weighted by molar-refractivity contribution is -0.438. The summed E-state index contributed by atoms with van der Waals surface area (Å²) in [4.78, 5) is 0. The topological polar surface area (TPSA) is 30.7 Å². The van der Waals surface area contributed by atoms with Crippen molar-refractivity contribution in [1.29, 1.82) is 0 Å². The van der Waals surface area contributed by atoms with E-state index >= 15 is 0 Å². The van der Waals surface area contributed by atoms with Crippen LogP contribution in [0.1, 0.15) is 5.56 Å². The van der Waals surface area contributed by atoms with E-state index in [1.165, 1.54) is 11.1 Å². The Hall–Kier alpha value is -2.42. The van der Waals surface area contributed by atoms with Crippen molar-refractivity contribution >= 4 is 17.0 Å². The van der Waals surface area contributed by atoms with Gasteiger partial charge in [-0.15, -0.1) is 5.11 Å².